The van der Waals surface area contributed by atoms with Crippen molar-refractivity contribution in [3.63, 3.8) is 0 Å². The van der Waals surface area contributed by atoms with Gasteiger partial charge < -0.3 is 9.64 Å². The van der Waals surface area contributed by atoms with Gasteiger partial charge in [-0.2, -0.15) is 5.26 Å². The molecule has 114 valence electrons. The molecule has 4 nitrogen and oxygen atoms in total. The maximum atomic E-state index is 12.7. The van der Waals surface area contributed by atoms with E-state index in [4.69, 9.17) is 4.74 Å². The predicted molar refractivity (Wildman–Crippen MR) is 79.1 cm³/mol. The SMILES string of the molecule is CCCC(C#N)(CCC)C(=O)N(C)CC1CCCCO1. The van der Waals surface area contributed by atoms with Crippen LogP contribution in [0.5, 0.6) is 0 Å². The average molecular weight is 280 g/mol. The minimum absolute atomic E-state index is 0.0297. The van der Waals surface area contributed by atoms with Crippen LogP contribution in [0.15, 0.2) is 0 Å². The Bertz CT molecular complexity index is 337. The molecule has 1 aliphatic rings. The predicted octanol–water partition coefficient (Wildman–Crippen LogP) is 3.12. The molecule has 1 fully saturated rings. The van der Waals surface area contributed by atoms with E-state index in [9.17, 15) is 10.1 Å². The van der Waals surface area contributed by atoms with E-state index in [1.807, 2.05) is 13.8 Å². The molecule has 0 spiro atoms. The number of hydrogen-bond acceptors (Lipinski definition) is 3. The summed E-state index contributed by atoms with van der Waals surface area (Å²) in [7, 11) is 1.80. The summed E-state index contributed by atoms with van der Waals surface area (Å²) < 4.78 is 5.69. The Morgan fingerprint density at radius 3 is 2.45 bits per heavy atom. The normalized spacial score (nSPS) is 19.4. The summed E-state index contributed by atoms with van der Waals surface area (Å²) in [5.74, 6) is -0.0297. The zero-order valence-electron chi connectivity index (χ0n) is 13.2. The number of hydrogen-bond donors (Lipinski definition) is 0. The summed E-state index contributed by atoms with van der Waals surface area (Å²) in [6.45, 7) is 5.45. The molecule has 1 rings (SSSR count). The van der Waals surface area contributed by atoms with Crippen LogP contribution >= 0.6 is 0 Å². The van der Waals surface area contributed by atoms with Gasteiger partial charge in [-0.3, -0.25) is 4.79 Å². The molecular formula is C16H28N2O2. The highest BCUT2D eigenvalue weighted by Gasteiger charge is 2.39. The summed E-state index contributed by atoms with van der Waals surface area (Å²) in [6.07, 6.45) is 6.43. The zero-order chi connectivity index (χ0) is 15.0. The van der Waals surface area contributed by atoms with E-state index >= 15 is 0 Å². The molecule has 0 aromatic heterocycles. The van der Waals surface area contributed by atoms with Crippen molar-refractivity contribution in [3.8, 4) is 6.07 Å². The first-order valence-electron chi connectivity index (χ1n) is 7.88. The molecule has 20 heavy (non-hydrogen) atoms. The van der Waals surface area contributed by atoms with Crippen LogP contribution < -0.4 is 0 Å². The summed E-state index contributed by atoms with van der Waals surface area (Å²) in [5, 5.41) is 9.54. The second-order valence-electron chi connectivity index (χ2n) is 5.87. The van der Waals surface area contributed by atoms with Crippen LogP contribution in [0.4, 0.5) is 0 Å². The molecule has 0 N–H and O–H groups in total. The third-order valence-electron chi connectivity index (χ3n) is 4.08. The fourth-order valence-corrected chi connectivity index (χ4v) is 3.06. The number of likely N-dealkylation sites (N-methyl/N-ethyl adjacent to an activating group) is 1. The largest absolute Gasteiger partial charge is 0.376 e. The number of rotatable bonds is 7. The molecule has 1 unspecified atom stereocenters. The van der Waals surface area contributed by atoms with Gasteiger partial charge in [0.15, 0.2) is 0 Å². The Morgan fingerprint density at radius 2 is 2.00 bits per heavy atom. The average Bonchev–Trinajstić information content (AvgIpc) is 2.47. The molecule has 0 aromatic carbocycles. The second-order valence-corrected chi connectivity index (χ2v) is 5.87. The van der Waals surface area contributed by atoms with E-state index in [0.717, 1.165) is 32.3 Å². The molecular weight excluding hydrogens is 252 g/mol. The van der Waals surface area contributed by atoms with Crippen molar-refractivity contribution in [3.05, 3.63) is 0 Å². The van der Waals surface area contributed by atoms with Gasteiger partial charge in [0, 0.05) is 20.2 Å². The monoisotopic (exact) mass is 280 g/mol. The van der Waals surface area contributed by atoms with E-state index in [-0.39, 0.29) is 12.0 Å². The number of nitriles is 1. The number of nitrogens with zero attached hydrogens (tertiary/aromatic N) is 2. The molecule has 0 bridgehead atoms. The topological polar surface area (TPSA) is 53.3 Å². The lowest BCUT2D eigenvalue weighted by Crippen LogP contribution is -2.45. The fourth-order valence-electron chi connectivity index (χ4n) is 3.06. The first kappa shape index (κ1) is 17.0. The zero-order valence-corrected chi connectivity index (χ0v) is 13.2. The molecule has 1 aliphatic heterocycles. The summed E-state index contributed by atoms with van der Waals surface area (Å²) in [5.41, 5.74) is -0.840. The van der Waals surface area contributed by atoms with Gasteiger partial charge in [-0.05, 0) is 32.1 Å². The maximum absolute atomic E-state index is 12.7. The van der Waals surface area contributed by atoms with Crippen LogP contribution in [0.1, 0.15) is 58.8 Å². The van der Waals surface area contributed by atoms with Crippen LogP contribution in [0.3, 0.4) is 0 Å². The summed E-state index contributed by atoms with van der Waals surface area (Å²) in [6, 6.07) is 2.30. The van der Waals surface area contributed by atoms with E-state index in [1.165, 1.54) is 6.42 Å². The van der Waals surface area contributed by atoms with Gasteiger partial charge in [0.1, 0.15) is 5.41 Å². The third-order valence-corrected chi connectivity index (χ3v) is 4.08. The van der Waals surface area contributed by atoms with Crippen molar-refractivity contribution in [2.75, 3.05) is 20.2 Å². The van der Waals surface area contributed by atoms with Gasteiger partial charge in [-0.25, -0.2) is 0 Å². The number of carbonyl (C=O) groups excluding carboxylic acids is 1. The van der Waals surface area contributed by atoms with Crippen LogP contribution in [0, 0.1) is 16.7 Å². The van der Waals surface area contributed by atoms with Crippen molar-refractivity contribution in [1.82, 2.24) is 4.90 Å². The standard InChI is InChI=1S/C16H28N2O2/c1-4-9-16(13-17,10-5-2)15(19)18(3)12-14-8-6-7-11-20-14/h14H,4-12H2,1-3H3. The quantitative estimate of drug-likeness (QED) is 0.720. The van der Waals surface area contributed by atoms with Gasteiger partial charge in [0.25, 0.3) is 0 Å². The van der Waals surface area contributed by atoms with Crippen molar-refractivity contribution < 1.29 is 9.53 Å². The molecule has 4 heteroatoms. The van der Waals surface area contributed by atoms with Crippen LogP contribution in [-0.4, -0.2) is 37.1 Å². The van der Waals surface area contributed by atoms with Crippen molar-refractivity contribution >= 4 is 5.91 Å². The Hall–Kier alpha value is -1.08. The summed E-state index contributed by atoms with van der Waals surface area (Å²) >= 11 is 0. The van der Waals surface area contributed by atoms with Crippen LogP contribution in [-0.2, 0) is 9.53 Å². The van der Waals surface area contributed by atoms with E-state index in [0.29, 0.717) is 19.4 Å². The Labute approximate surface area is 123 Å². The van der Waals surface area contributed by atoms with Gasteiger partial charge in [0.2, 0.25) is 5.91 Å². The van der Waals surface area contributed by atoms with E-state index in [1.54, 1.807) is 11.9 Å². The first-order valence-corrected chi connectivity index (χ1v) is 7.88. The lowest BCUT2D eigenvalue weighted by atomic mass is 9.79. The molecule has 1 amide bonds. The first-order chi connectivity index (χ1) is 9.59. The highest BCUT2D eigenvalue weighted by atomic mass is 16.5. The smallest absolute Gasteiger partial charge is 0.242 e. The van der Waals surface area contributed by atoms with Crippen LogP contribution in [0.2, 0.25) is 0 Å². The molecule has 0 saturated carbocycles. The van der Waals surface area contributed by atoms with Gasteiger partial charge in [-0.1, -0.05) is 26.7 Å². The highest BCUT2D eigenvalue weighted by molar-refractivity contribution is 5.85. The minimum atomic E-state index is -0.840. The van der Waals surface area contributed by atoms with Gasteiger partial charge in [0.05, 0.1) is 12.2 Å². The van der Waals surface area contributed by atoms with Crippen molar-refractivity contribution in [1.29, 1.82) is 5.26 Å². The third kappa shape index (κ3) is 4.21. The molecule has 0 radical (unpaired) electrons. The number of amides is 1. The van der Waals surface area contributed by atoms with Crippen LogP contribution in [0.25, 0.3) is 0 Å². The lowest BCUT2D eigenvalue weighted by Gasteiger charge is -2.33. The molecule has 1 atom stereocenters. The Kier molecular flexibility index (Phi) is 7.01. The van der Waals surface area contributed by atoms with Gasteiger partial charge in [-0.15, -0.1) is 0 Å². The van der Waals surface area contributed by atoms with Gasteiger partial charge >= 0.3 is 0 Å². The fraction of sp³-hybridized carbons (Fsp3) is 0.875. The Balaban J connectivity index is 2.69. The maximum Gasteiger partial charge on any atom is 0.242 e. The molecule has 0 aliphatic carbocycles. The highest BCUT2D eigenvalue weighted by Crippen LogP contribution is 2.31. The number of ether oxygens (including phenoxy) is 1. The Morgan fingerprint density at radius 1 is 1.35 bits per heavy atom. The minimum Gasteiger partial charge on any atom is -0.376 e. The number of carbonyl (C=O) groups is 1. The molecule has 0 aromatic rings. The van der Waals surface area contributed by atoms with Crippen molar-refractivity contribution in [2.24, 2.45) is 5.41 Å². The molecule has 1 heterocycles. The van der Waals surface area contributed by atoms with E-state index in [2.05, 4.69) is 6.07 Å². The lowest BCUT2D eigenvalue weighted by molar-refractivity contribution is -0.140. The van der Waals surface area contributed by atoms with Crippen molar-refractivity contribution in [2.45, 2.75) is 64.9 Å². The summed E-state index contributed by atoms with van der Waals surface area (Å²) in [4.78, 5) is 14.4. The second kappa shape index (κ2) is 8.26. The molecule has 1 saturated heterocycles. The van der Waals surface area contributed by atoms with E-state index < -0.39 is 5.41 Å².